The molecule has 17 heavy (non-hydrogen) atoms. The number of benzene rings is 1. The molecule has 0 aliphatic carbocycles. The lowest BCUT2D eigenvalue weighted by molar-refractivity contribution is -0.384. The van der Waals surface area contributed by atoms with Crippen LogP contribution in [0.1, 0.15) is 19.4 Å². The minimum absolute atomic E-state index is 0.136. The zero-order valence-electron chi connectivity index (χ0n) is 10.3. The summed E-state index contributed by atoms with van der Waals surface area (Å²) in [6, 6.07) is 6.70. The molecule has 0 aliphatic rings. The lowest BCUT2D eigenvalue weighted by Crippen LogP contribution is -2.24. The molecule has 0 spiro atoms. The number of non-ortho nitro benzene ring substituents is 1. The van der Waals surface area contributed by atoms with Gasteiger partial charge in [-0.1, -0.05) is 31.2 Å². The van der Waals surface area contributed by atoms with Gasteiger partial charge in [-0.2, -0.15) is 0 Å². The van der Waals surface area contributed by atoms with Crippen LogP contribution in [-0.2, 0) is 6.54 Å². The predicted octanol–water partition coefficient (Wildman–Crippen LogP) is 2.99. The first kappa shape index (κ1) is 13.4. The lowest BCUT2D eigenvalue weighted by atomic mass is 10.2. The van der Waals surface area contributed by atoms with Crippen LogP contribution in [0.15, 0.2) is 36.4 Å². The largest absolute Gasteiger partial charge is 0.295 e. The van der Waals surface area contributed by atoms with Crippen molar-refractivity contribution >= 4 is 5.69 Å². The average Bonchev–Trinajstić information content (AvgIpc) is 2.28. The van der Waals surface area contributed by atoms with Gasteiger partial charge in [0.05, 0.1) is 4.92 Å². The second kappa shape index (κ2) is 6.15. The van der Waals surface area contributed by atoms with E-state index >= 15 is 0 Å². The van der Waals surface area contributed by atoms with Crippen molar-refractivity contribution in [3.63, 3.8) is 0 Å². The van der Waals surface area contributed by atoms with Crippen LogP contribution >= 0.6 is 0 Å². The topological polar surface area (TPSA) is 46.4 Å². The van der Waals surface area contributed by atoms with E-state index in [0.29, 0.717) is 0 Å². The predicted molar refractivity (Wildman–Crippen MR) is 68.9 cm³/mol. The lowest BCUT2D eigenvalue weighted by Gasteiger charge is -2.20. The van der Waals surface area contributed by atoms with Crippen LogP contribution in [0.3, 0.4) is 0 Å². The summed E-state index contributed by atoms with van der Waals surface area (Å²) in [5, 5.41) is 10.5. The Kier molecular flexibility index (Phi) is 4.84. The molecule has 1 aromatic carbocycles. The molecule has 0 aliphatic heterocycles. The monoisotopic (exact) mass is 234 g/mol. The Balaban J connectivity index is 2.67. The Morgan fingerprint density at radius 3 is 2.41 bits per heavy atom. The normalized spacial score (nSPS) is 10.5. The zero-order valence-corrected chi connectivity index (χ0v) is 10.3. The third-order valence-electron chi connectivity index (χ3n) is 2.49. The van der Waals surface area contributed by atoms with E-state index in [-0.39, 0.29) is 10.6 Å². The fourth-order valence-corrected chi connectivity index (χ4v) is 1.64. The summed E-state index contributed by atoms with van der Waals surface area (Å²) < 4.78 is 0. The van der Waals surface area contributed by atoms with Gasteiger partial charge in [-0.25, -0.2) is 0 Å². The fourth-order valence-electron chi connectivity index (χ4n) is 1.64. The van der Waals surface area contributed by atoms with Crippen molar-refractivity contribution in [1.29, 1.82) is 0 Å². The summed E-state index contributed by atoms with van der Waals surface area (Å²) in [5.41, 5.74) is 2.34. The molecule has 0 saturated carbocycles. The molecule has 0 N–H and O–H groups in total. The maximum absolute atomic E-state index is 10.5. The molecule has 92 valence electrons. The summed E-state index contributed by atoms with van der Waals surface area (Å²) in [6.45, 7) is 10.6. The van der Waals surface area contributed by atoms with Gasteiger partial charge in [0.2, 0.25) is 0 Å². The number of hydrogen-bond acceptors (Lipinski definition) is 3. The van der Waals surface area contributed by atoms with Gasteiger partial charge in [0, 0.05) is 25.2 Å². The minimum Gasteiger partial charge on any atom is -0.295 e. The molecular weight excluding hydrogens is 216 g/mol. The molecule has 0 unspecified atom stereocenters. The Labute approximate surface area is 102 Å². The molecule has 0 saturated heterocycles. The highest BCUT2D eigenvalue weighted by molar-refractivity contribution is 5.32. The van der Waals surface area contributed by atoms with Gasteiger partial charge in [-0.3, -0.25) is 15.0 Å². The number of nitro groups is 1. The van der Waals surface area contributed by atoms with E-state index in [1.165, 1.54) is 0 Å². The van der Waals surface area contributed by atoms with E-state index < -0.39 is 0 Å². The smallest absolute Gasteiger partial charge is 0.269 e. The first-order chi connectivity index (χ1) is 8.02. The van der Waals surface area contributed by atoms with E-state index in [1.54, 1.807) is 24.3 Å². The van der Waals surface area contributed by atoms with Gasteiger partial charge in [0.25, 0.3) is 5.69 Å². The average molecular weight is 234 g/mol. The molecule has 0 aromatic heterocycles. The third-order valence-corrected chi connectivity index (χ3v) is 2.49. The molecule has 4 heteroatoms. The maximum atomic E-state index is 10.5. The molecule has 0 bridgehead atoms. The molecule has 1 aromatic rings. The van der Waals surface area contributed by atoms with Crippen molar-refractivity contribution in [2.45, 2.75) is 20.4 Å². The summed E-state index contributed by atoms with van der Waals surface area (Å²) in [7, 11) is 0. The van der Waals surface area contributed by atoms with Gasteiger partial charge in [0.15, 0.2) is 0 Å². The van der Waals surface area contributed by atoms with Crippen molar-refractivity contribution in [2.24, 2.45) is 0 Å². The molecule has 0 atom stereocenters. The van der Waals surface area contributed by atoms with Gasteiger partial charge < -0.3 is 0 Å². The van der Waals surface area contributed by atoms with E-state index in [1.807, 2.05) is 6.92 Å². The number of rotatable bonds is 6. The van der Waals surface area contributed by atoms with E-state index in [9.17, 15) is 10.1 Å². The van der Waals surface area contributed by atoms with Crippen molar-refractivity contribution < 1.29 is 4.92 Å². The molecule has 0 radical (unpaired) electrons. The Bertz CT molecular complexity index is 398. The second-order valence-electron chi connectivity index (χ2n) is 4.18. The third kappa shape index (κ3) is 4.36. The molecule has 0 heterocycles. The number of hydrogen-bond donors (Lipinski definition) is 0. The molecular formula is C13H18N2O2. The Morgan fingerprint density at radius 1 is 1.41 bits per heavy atom. The molecule has 0 fully saturated rings. The van der Waals surface area contributed by atoms with Crippen molar-refractivity contribution in [3.8, 4) is 0 Å². The summed E-state index contributed by atoms with van der Waals surface area (Å²) >= 11 is 0. The molecule has 4 nitrogen and oxygen atoms in total. The Hall–Kier alpha value is -1.68. The second-order valence-corrected chi connectivity index (χ2v) is 4.18. The quantitative estimate of drug-likeness (QED) is 0.432. The van der Waals surface area contributed by atoms with Crippen LogP contribution in [-0.4, -0.2) is 22.9 Å². The van der Waals surface area contributed by atoms with Crippen molar-refractivity contribution in [3.05, 3.63) is 52.1 Å². The highest BCUT2D eigenvalue weighted by atomic mass is 16.6. The van der Waals surface area contributed by atoms with E-state index in [0.717, 1.165) is 30.8 Å². The highest BCUT2D eigenvalue weighted by Crippen LogP contribution is 2.13. The Morgan fingerprint density at radius 2 is 2.00 bits per heavy atom. The van der Waals surface area contributed by atoms with E-state index in [2.05, 4.69) is 18.4 Å². The number of nitro benzene ring substituents is 1. The van der Waals surface area contributed by atoms with Crippen LogP contribution in [0.2, 0.25) is 0 Å². The van der Waals surface area contributed by atoms with Crippen LogP contribution in [0.5, 0.6) is 0 Å². The molecule has 0 amide bonds. The van der Waals surface area contributed by atoms with E-state index in [4.69, 9.17) is 0 Å². The van der Waals surface area contributed by atoms with Gasteiger partial charge >= 0.3 is 0 Å². The SMILES string of the molecule is C=C(C)CN(CC)Cc1ccc([N+](=O)[O-])cc1. The van der Waals surface area contributed by atoms with Gasteiger partial charge in [-0.15, -0.1) is 0 Å². The van der Waals surface area contributed by atoms with Crippen LogP contribution < -0.4 is 0 Å². The van der Waals surface area contributed by atoms with Gasteiger partial charge in [-0.05, 0) is 19.0 Å². The highest BCUT2D eigenvalue weighted by Gasteiger charge is 2.07. The number of nitrogens with zero attached hydrogens (tertiary/aromatic N) is 2. The zero-order chi connectivity index (χ0) is 12.8. The molecule has 1 rings (SSSR count). The maximum Gasteiger partial charge on any atom is 0.269 e. The fraction of sp³-hybridized carbons (Fsp3) is 0.385. The van der Waals surface area contributed by atoms with Crippen LogP contribution in [0, 0.1) is 10.1 Å². The standard InChI is InChI=1S/C13H18N2O2/c1-4-14(9-11(2)3)10-12-5-7-13(8-6-12)15(16)17/h5-8H,2,4,9-10H2,1,3H3. The van der Waals surface area contributed by atoms with Crippen molar-refractivity contribution in [1.82, 2.24) is 4.90 Å². The first-order valence-electron chi connectivity index (χ1n) is 5.63. The summed E-state index contributed by atoms with van der Waals surface area (Å²) in [6.07, 6.45) is 0. The first-order valence-corrected chi connectivity index (χ1v) is 5.63. The summed E-state index contributed by atoms with van der Waals surface area (Å²) in [5.74, 6) is 0. The van der Waals surface area contributed by atoms with Crippen LogP contribution in [0.25, 0.3) is 0 Å². The number of likely N-dealkylation sites (N-methyl/N-ethyl adjacent to an activating group) is 1. The minimum atomic E-state index is -0.380. The van der Waals surface area contributed by atoms with Crippen LogP contribution in [0.4, 0.5) is 5.69 Å². The summed E-state index contributed by atoms with van der Waals surface area (Å²) in [4.78, 5) is 12.4. The van der Waals surface area contributed by atoms with Crippen molar-refractivity contribution in [2.75, 3.05) is 13.1 Å². The van der Waals surface area contributed by atoms with Gasteiger partial charge in [0.1, 0.15) is 0 Å².